The second-order valence-electron chi connectivity index (χ2n) is 3.97. The van der Waals surface area contributed by atoms with Gasteiger partial charge in [-0.25, -0.2) is 0 Å². The molecule has 0 aromatic rings. The summed E-state index contributed by atoms with van der Waals surface area (Å²) in [6.45, 7) is 0. The highest BCUT2D eigenvalue weighted by molar-refractivity contribution is 5.67. The highest BCUT2D eigenvalue weighted by Crippen LogP contribution is 2.28. The van der Waals surface area contributed by atoms with E-state index in [4.69, 9.17) is 5.11 Å². The van der Waals surface area contributed by atoms with E-state index in [2.05, 4.69) is 5.32 Å². The third kappa shape index (κ3) is 3.77. The molecule has 1 aliphatic carbocycles. The Bertz CT molecular complexity index is 164. The van der Waals surface area contributed by atoms with Gasteiger partial charge in [0.05, 0.1) is 6.42 Å². The third-order valence-corrected chi connectivity index (χ3v) is 2.92. The van der Waals surface area contributed by atoms with Gasteiger partial charge in [-0.2, -0.15) is 0 Å². The molecule has 0 aromatic heterocycles. The normalized spacial score (nSPS) is 20.4. The molecule has 1 fully saturated rings. The minimum absolute atomic E-state index is 0.167. The van der Waals surface area contributed by atoms with Gasteiger partial charge in [0.15, 0.2) is 0 Å². The van der Waals surface area contributed by atoms with Crippen LogP contribution in [0.25, 0.3) is 0 Å². The molecular formula is C10H19NO2. The molecule has 3 heteroatoms. The zero-order valence-electron chi connectivity index (χ0n) is 8.25. The number of carbonyl (C=O) groups is 1. The molecule has 0 radical (unpaired) electrons. The monoisotopic (exact) mass is 185 g/mol. The number of carboxylic acids is 1. The Morgan fingerprint density at radius 2 is 2.15 bits per heavy atom. The fourth-order valence-corrected chi connectivity index (χ4v) is 2.16. The van der Waals surface area contributed by atoms with Crippen LogP contribution in [0.2, 0.25) is 0 Å². The highest BCUT2D eigenvalue weighted by atomic mass is 16.4. The van der Waals surface area contributed by atoms with Crippen LogP contribution in [0.3, 0.4) is 0 Å². The van der Waals surface area contributed by atoms with Gasteiger partial charge in [-0.15, -0.1) is 0 Å². The largest absolute Gasteiger partial charge is 0.481 e. The molecule has 13 heavy (non-hydrogen) atoms. The molecule has 0 aromatic carbocycles. The average molecular weight is 185 g/mol. The molecule has 1 rings (SSSR count). The van der Waals surface area contributed by atoms with Gasteiger partial charge >= 0.3 is 5.97 Å². The van der Waals surface area contributed by atoms with Crippen LogP contribution in [0.5, 0.6) is 0 Å². The van der Waals surface area contributed by atoms with Crippen LogP contribution in [-0.2, 0) is 4.79 Å². The average Bonchev–Trinajstić information content (AvgIpc) is 2.55. The smallest absolute Gasteiger partial charge is 0.304 e. The first-order chi connectivity index (χ1) is 6.22. The summed E-state index contributed by atoms with van der Waals surface area (Å²) >= 11 is 0. The van der Waals surface area contributed by atoms with Crippen molar-refractivity contribution in [2.75, 3.05) is 7.05 Å². The summed E-state index contributed by atoms with van der Waals surface area (Å²) in [6, 6.07) is 0.167. The van der Waals surface area contributed by atoms with E-state index >= 15 is 0 Å². The van der Waals surface area contributed by atoms with E-state index in [1.807, 2.05) is 7.05 Å². The van der Waals surface area contributed by atoms with Crippen molar-refractivity contribution in [1.82, 2.24) is 5.32 Å². The molecule has 0 aliphatic heterocycles. The van der Waals surface area contributed by atoms with E-state index in [1.165, 1.54) is 25.7 Å². The summed E-state index contributed by atoms with van der Waals surface area (Å²) in [6.07, 6.45) is 6.52. The van der Waals surface area contributed by atoms with E-state index in [0.29, 0.717) is 0 Å². The van der Waals surface area contributed by atoms with Crippen LogP contribution in [0.15, 0.2) is 0 Å². The van der Waals surface area contributed by atoms with Crippen molar-refractivity contribution >= 4 is 5.97 Å². The number of rotatable bonds is 5. The third-order valence-electron chi connectivity index (χ3n) is 2.92. The summed E-state index contributed by atoms with van der Waals surface area (Å²) in [5.41, 5.74) is 0. The van der Waals surface area contributed by atoms with Crippen LogP contribution in [0.1, 0.15) is 38.5 Å². The van der Waals surface area contributed by atoms with Crippen LogP contribution in [0.4, 0.5) is 0 Å². The zero-order valence-corrected chi connectivity index (χ0v) is 8.25. The molecule has 1 aliphatic rings. The molecule has 3 nitrogen and oxygen atoms in total. The number of hydrogen-bond acceptors (Lipinski definition) is 2. The minimum atomic E-state index is -0.697. The van der Waals surface area contributed by atoms with Crippen molar-refractivity contribution < 1.29 is 9.90 Å². The Balaban J connectivity index is 2.25. The molecular weight excluding hydrogens is 166 g/mol. The molecule has 1 atom stereocenters. The van der Waals surface area contributed by atoms with Gasteiger partial charge < -0.3 is 10.4 Å². The van der Waals surface area contributed by atoms with Gasteiger partial charge in [-0.1, -0.05) is 25.7 Å². The quantitative estimate of drug-likeness (QED) is 0.684. The van der Waals surface area contributed by atoms with E-state index in [1.54, 1.807) is 0 Å². The molecule has 2 N–H and O–H groups in total. The number of carboxylic acid groups (broad SMARTS) is 1. The number of hydrogen-bond donors (Lipinski definition) is 2. The Kier molecular flexibility index (Phi) is 4.22. The SMILES string of the molecule is CNC(CC(=O)O)CC1CCCC1. The first-order valence-corrected chi connectivity index (χ1v) is 5.11. The second-order valence-corrected chi connectivity index (χ2v) is 3.97. The maximum Gasteiger partial charge on any atom is 0.304 e. The summed E-state index contributed by atoms with van der Waals surface area (Å²) in [5.74, 6) is 0.0640. The summed E-state index contributed by atoms with van der Waals surface area (Å²) in [5, 5.41) is 11.7. The van der Waals surface area contributed by atoms with Gasteiger partial charge in [0.1, 0.15) is 0 Å². The molecule has 76 valence electrons. The van der Waals surface area contributed by atoms with Crippen molar-refractivity contribution in [2.45, 2.75) is 44.6 Å². The van der Waals surface area contributed by atoms with Crippen LogP contribution >= 0.6 is 0 Å². The fraction of sp³-hybridized carbons (Fsp3) is 0.900. The van der Waals surface area contributed by atoms with Crippen LogP contribution in [0, 0.1) is 5.92 Å². The lowest BCUT2D eigenvalue weighted by Gasteiger charge is -2.17. The van der Waals surface area contributed by atoms with Crippen molar-refractivity contribution in [1.29, 1.82) is 0 Å². The lowest BCUT2D eigenvalue weighted by molar-refractivity contribution is -0.137. The standard InChI is InChI=1S/C10H19NO2/c1-11-9(7-10(12)13)6-8-4-2-3-5-8/h8-9,11H,2-7H2,1H3,(H,12,13). The van der Waals surface area contributed by atoms with Crippen molar-refractivity contribution in [2.24, 2.45) is 5.92 Å². The Hall–Kier alpha value is -0.570. The summed E-state index contributed by atoms with van der Waals surface area (Å²) in [4.78, 5) is 10.5. The predicted octanol–water partition coefficient (Wildman–Crippen LogP) is 1.63. The molecule has 0 amide bonds. The van der Waals surface area contributed by atoms with Gasteiger partial charge in [-0.3, -0.25) is 4.79 Å². The molecule has 0 saturated heterocycles. The topological polar surface area (TPSA) is 49.3 Å². The molecule has 1 unspecified atom stereocenters. The van der Waals surface area contributed by atoms with Crippen molar-refractivity contribution in [3.63, 3.8) is 0 Å². The summed E-state index contributed by atoms with van der Waals surface area (Å²) < 4.78 is 0. The molecule has 0 heterocycles. The van der Waals surface area contributed by atoms with Gasteiger partial charge in [0, 0.05) is 6.04 Å². The fourth-order valence-electron chi connectivity index (χ4n) is 2.16. The van der Waals surface area contributed by atoms with Gasteiger partial charge in [-0.05, 0) is 19.4 Å². The maximum atomic E-state index is 10.5. The molecule has 0 spiro atoms. The Labute approximate surface area is 79.5 Å². The van der Waals surface area contributed by atoms with E-state index < -0.39 is 5.97 Å². The Morgan fingerprint density at radius 3 is 2.62 bits per heavy atom. The van der Waals surface area contributed by atoms with Crippen LogP contribution < -0.4 is 5.32 Å². The van der Waals surface area contributed by atoms with Crippen molar-refractivity contribution in [3.05, 3.63) is 0 Å². The lowest BCUT2D eigenvalue weighted by atomic mass is 9.97. The van der Waals surface area contributed by atoms with Gasteiger partial charge in [0.25, 0.3) is 0 Å². The second kappa shape index (κ2) is 5.22. The highest BCUT2D eigenvalue weighted by Gasteiger charge is 2.20. The number of nitrogens with one attached hydrogen (secondary N) is 1. The zero-order chi connectivity index (χ0) is 9.68. The maximum absolute atomic E-state index is 10.5. The number of aliphatic carboxylic acids is 1. The van der Waals surface area contributed by atoms with Crippen molar-refractivity contribution in [3.8, 4) is 0 Å². The minimum Gasteiger partial charge on any atom is -0.481 e. The Morgan fingerprint density at radius 1 is 1.54 bits per heavy atom. The molecule has 1 saturated carbocycles. The first kappa shape index (κ1) is 10.5. The van der Waals surface area contributed by atoms with E-state index in [9.17, 15) is 4.79 Å². The van der Waals surface area contributed by atoms with Gasteiger partial charge in [0.2, 0.25) is 0 Å². The first-order valence-electron chi connectivity index (χ1n) is 5.11. The van der Waals surface area contributed by atoms with E-state index in [0.717, 1.165) is 12.3 Å². The van der Waals surface area contributed by atoms with Crippen LogP contribution in [-0.4, -0.2) is 24.2 Å². The molecule has 0 bridgehead atoms. The summed E-state index contributed by atoms with van der Waals surface area (Å²) in [7, 11) is 1.85. The predicted molar refractivity (Wildman–Crippen MR) is 51.7 cm³/mol. The van der Waals surface area contributed by atoms with E-state index in [-0.39, 0.29) is 12.5 Å². The lowest BCUT2D eigenvalue weighted by Crippen LogP contribution is -2.29.